The third kappa shape index (κ3) is 33.6. The number of nitrogens with one attached hydrogen (secondary N) is 13. The van der Waals surface area contributed by atoms with Crippen LogP contribution in [0.3, 0.4) is 0 Å². The number of primary amides is 1. The van der Waals surface area contributed by atoms with E-state index in [0.717, 1.165) is 0 Å². The molecular formula is C75H116N16O19. The molecule has 2 aromatic carbocycles. The Labute approximate surface area is 641 Å². The molecule has 0 radical (unpaired) electrons. The van der Waals surface area contributed by atoms with Crippen LogP contribution in [0.1, 0.15) is 176 Å². The van der Waals surface area contributed by atoms with Crippen LogP contribution in [0.4, 0.5) is 0 Å². The summed E-state index contributed by atoms with van der Waals surface area (Å²) in [6.07, 6.45) is 2.87. The van der Waals surface area contributed by atoms with Crippen LogP contribution >= 0.6 is 0 Å². The zero-order valence-electron chi connectivity index (χ0n) is 64.2. The number of carboxylic acids is 2. The molecular weight excluding hydrogens is 1430 g/mol. The molecule has 35 heteroatoms. The van der Waals surface area contributed by atoms with Crippen molar-refractivity contribution >= 4 is 94.6 Å². The number of carboxylic acid groups (broad SMARTS) is 2. The van der Waals surface area contributed by atoms with E-state index in [2.05, 4.69) is 69.1 Å². The number of rotatable bonds is 40. The highest BCUT2D eigenvalue weighted by Gasteiger charge is 2.43. The Kier molecular flexibility index (Phi) is 41.1. The number of hydrogen-bond acceptors (Lipinski definition) is 19. The molecule has 0 spiro atoms. The first-order valence-corrected chi connectivity index (χ1v) is 37.4. The second-order valence-electron chi connectivity index (χ2n) is 28.6. The van der Waals surface area contributed by atoms with Gasteiger partial charge in [-0.3, -0.25) is 76.7 Å². The molecule has 0 fully saturated rings. The van der Waals surface area contributed by atoms with Gasteiger partial charge in [0.2, 0.25) is 82.7 Å². The molecule has 35 nitrogen and oxygen atoms in total. The van der Waals surface area contributed by atoms with E-state index in [9.17, 15) is 87.2 Å². The van der Waals surface area contributed by atoms with Crippen molar-refractivity contribution < 1.29 is 92.0 Å². The van der Waals surface area contributed by atoms with Crippen molar-refractivity contribution in [2.45, 2.75) is 249 Å². The molecule has 0 saturated carbocycles. The summed E-state index contributed by atoms with van der Waals surface area (Å²) in [6, 6.07) is 1.69. The third-order valence-corrected chi connectivity index (χ3v) is 18.6. The van der Waals surface area contributed by atoms with E-state index in [1.165, 1.54) is 27.7 Å². The van der Waals surface area contributed by atoms with Crippen LogP contribution in [0.15, 0.2) is 72.8 Å². The van der Waals surface area contributed by atoms with Crippen LogP contribution < -0.4 is 86.3 Å². The van der Waals surface area contributed by atoms with Crippen LogP contribution in [0.25, 0.3) is 0 Å². The second kappa shape index (κ2) is 48.2. The highest BCUT2D eigenvalue weighted by atomic mass is 16.4. The average Bonchev–Trinajstić information content (AvgIpc) is 0.868. The van der Waals surface area contributed by atoms with E-state index in [0.29, 0.717) is 24.0 Å². The van der Waals surface area contributed by atoms with Gasteiger partial charge in [0.1, 0.15) is 71.5 Å². The van der Waals surface area contributed by atoms with Gasteiger partial charge in [0.15, 0.2) is 0 Å². The number of amides is 14. The lowest BCUT2D eigenvalue weighted by atomic mass is 9.90. The number of carbonyl (C=O) groups is 16. The first-order chi connectivity index (χ1) is 52.0. The predicted octanol–water partition coefficient (Wildman–Crippen LogP) is -1.70. The van der Waals surface area contributed by atoms with E-state index in [4.69, 9.17) is 17.2 Å². The number of nitrogens with two attached hydrogens (primary N) is 3. The van der Waals surface area contributed by atoms with Gasteiger partial charge in [-0.15, -0.1) is 0 Å². The number of aliphatic hydroxyl groups excluding tert-OH is 1. The van der Waals surface area contributed by atoms with Gasteiger partial charge >= 0.3 is 11.9 Å². The van der Waals surface area contributed by atoms with E-state index in [1.54, 1.807) is 101 Å². The summed E-state index contributed by atoms with van der Waals surface area (Å²) in [5, 5.41) is 63.5. The van der Waals surface area contributed by atoms with Crippen LogP contribution in [0, 0.1) is 11.8 Å². The van der Waals surface area contributed by atoms with Gasteiger partial charge in [-0.05, 0) is 147 Å². The fraction of sp³-hybridized carbons (Fsp3) is 0.600. The number of aliphatic hydroxyl groups is 1. The maximum atomic E-state index is 15.1. The Morgan fingerprint density at radius 2 is 1.07 bits per heavy atom. The van der Waals surface area contributed by atoms with Crippen LogP contribution in [-0.4, -0.2) is 208 Å². The maximum Gasteiger partial charge on any atom is 0.305 e. The van der Waals surface area contributed by atoms with Crippen molar-refractivity contribution in [3.8, 4) is 0 Å². The number of benzene rings is 2. The molecule has 610 valence electrons. The lowest BCUT2D eigenvalue weighted by Crippen LogP contribution is -2.65. The van der Waals surface area contributed by atoms with Gasteiger partial charge in [-0.1, -0.05) is 107 Å². The molecule has 0 bridgehead atoms. The number of hydrogen-bond donors (Lipinski definition) is 19. The minimum absolute atomic E-state index is 0.0434. The van der Waals surface area contributed by atoms with Gasteiger partial charge in [-0.25, -0.2) is 0 Å². The Balaban J connectivity index is 2.10. The zero-order chi connectivity index (χ0) is 82.3. The van der Waals surface area contributed by atoms with E-state index in [-0.39, 0.29) is 109 Å². The Bertz CT molecular complexity index is 3480. The van der Waals surface area contributed by atoms with Crippen molar-refractivity contribution in [2.24, 2.45) is 29.0 Å². The van der Waals surface area contributed by atoms with Crippen LogP contribution in [-0.2, 0) is 89.6 Å². The molecule has 0 aliphatic carbocycles. The predicted molar refractivity (Wildman–Crippen MR) is 404 cm³/mol. The molecule has 14 amide bonds. The molecule has 1 aliphatic rings. The summed E-state index contributed by atoms with van der Waals surface area (Å²) >= 11 is 0. The largest absolute Gasteiger partial charge is 0.481 e. The van der Waals surface area contributed by atoms with Gasteiger partial charge in [0, 0.05) is 26.2 Å². The van der Waals surface area contributed by atoms with Gasteiger partial charge < -0.3 is 102 Å². The zero-order valence-corrected chi connectivity index (χ0v) is 64.2. The minimum atomic E-state index is -2.01. The molecule has 2 aromatic rings. The Morgan fingerprint density at radius 1 is 0.573 bits per heavy atom. The molecule has 1 aliphatic heterocycles. The molecule has 1 heterocycles. The lowest BCUT2D eigenvalue weighted by Gasteiger charge is -2.35. The SMILES string of the molecule is CC[C@H](C)[C@@H]1NC(=O)[C@@](C)(NC(=O)[C@H](CC(=O)O)NC(=O)[C@H](Cc2ccccc2)NC(=O)[C@H](CC(C)C)NC(=O)CNC(C)=O)CCC/C=C\CCC[C@@](C)(C(=O)N[C@@H](C)C(=O)N[C@@H](CCC(=O)O)C(=O)N[C@@H](CO)C(=O)N[C@@H](Cc2ccccc2)C(N)=O)NC(=O)[C@H](CCCCN)NC(=O)[C@H](CCCCN)NC1=O. The van der Waals surface area contributed by atoms with Gasteiger partial charge in [0.25, 0.3) is 0 Å². The highest BCUT2D eigenvalue weighted by Crippen LogP contribution is 2.22. The van der Waals surface area contributed by atoms with E-state index >= 15 is 4.79 Å². The molecule has 0 unspecified atom stereocenters. The molecule has 110 heavy (non-hydrogen) atoms. The van der Waals surface area contributed by atoms with Crippen molar-refractivity contribution in [3.63, 3.8) is 0 Å². The monoisotopic (exact) mass is 1540 g/mol. The smallest absolute Gasteiger partial charge is 0.305 e. The first-order valence-electron chi connectivity index (χ1n) is 37.4. The van der Waals surface area contributed by atoms with Crippen molar-refractivity contribution in [3.05, 3.63) is 83.9 Å². The summed E-state index contributed by atoms with van der Waals surface area (Å²) in [6.45, 7) is 11.0. The number of unbranched alkanes of at least 4 members (excludes halogenated alkanes) is 2. The van der Waals surface area contributed by atoms with Crippen molar-refractivity contribution in [1.82, 2.24) is 69.1 Å². The summed E-state index contributed by atoms with van der Waals surface area (Å²) in [4.78, 5) is 220. The molecule has 13 atom stereocenters. The van der Waals surface area contributed by atoms with Gasteiger partial charge in [-0.2, -0.15) is 0 Å². The van der Waals surface area contributed by atoms with Crippen molar-refractivity contribution in [2.75, 3.05) is 26.2 Å². The van der Waals surface area contributed by atoms with Crippen LogP contribution in [0.2, 0.25) is 0 Å². The summed E-state index contributed by atoms with van der Waals surface area (Å²) in [5.74, 6) is -16.6. The minimum Gasteiger partial charge on any atom is -0.481 e. The number of allylic oxidation sites excluding steroid dienone is 2. The number of aliphatic carboxylic acids is 2. The van der Waals surface area contributed by atoms with E-state index in [1.807, 2.05) is 0 Å². The Hall–Kier alpha value is -10.4. The highest BCUT2D eigenvalue weighted by molar-refractivity contribution is 6.02. The topological polar surface area (TPSA) is 568 Å². The summed E-state index contributed by atoms with van der Waals surface area (Å²) in [5.41, 5.74) is 14.5. The average molecular weight is 1550 g/mol. The summed E-state index contributed by atoms with van der Waals surface area (Å²) in [7, 11) is 0. The fourth-order valence-electron chi connectivity index (χ4n) is 11.8. The van der Waals surface area contributed by atoms with Gasteiger partial charge in [0.05, 0.1) is 19.6 Å². The lowest BCUT2D eigenvalue weighted by molar-refractivity contribution is -0.142. The quantitative estimate of drug-likeness (QED) is 0.0261. The normalized spacial score (nSPS) is 20.6. The molecule has 3 rings (SSSR count). The fourth-order valence-corrected chi connectivity index (χ4v) is 11.8. The van der Waals surface area contributed by atoms with Crippen molar-refractivity contribution in [1.29, 1.82) is 0 Å². The Morgan fingerprint density at radius 3 is 1.60 bits per heavy atom. The van der Waals surface area contributed by atoms with Crippen LogP contribution in [0.5, 0.6) is 0 Å². The van der Waals surface area contributed by atoms with E-state index < -0.39 is 204 Å². The molecule has 0 aromatic heterocycles. The second-order valence-corrected chi connectivity index (χ2v) is 28.6. The third-order valence-electron chi connectivity index (χ3n) is 18.6. The summed E-state index contributed by atoms with van der Waals surface area (Å²) < 4.78 is 0. The first kappa shape index (κ1) is 93.8. The molecule has 0 saturated heterocycles. The maximum absolute atomic E-state index is 15.1. The standard InChI is InChI=1S/C75H116N16O19/c1-9-45(4)61-71(108)84-50(30-20-24-36-76)64(101)83-51(31-21-25-37-77)69(106)90-74(7,72(109)80-46(5)63(100)82-52(32-33-59(95)96)65(102)88-57(43-92)68(105)85-53(62(78)99)39-48-26-16-14-17-27-48)34-22-12-10-11-13-23-35-75(8,73(110)89-61)91-70(107)56(41-60(97)98)87-67(104)55(40-49-28-18-15-19-29-49)86-66(103)54(38-44(2)3)81-58(94)42-79-47(6)93/h10-11,14-19,26-29,44-46,50-57,61,92H,9,12-13,20-25,30-43,76-77H2,1-8H3,(H2,78,99)(H,79,93)(H,80,109)(H,81,94)(H,82,100)(H,83,101)(H,84,108)(H,85,105)(H,86,103)(H,87,104)(H,88,102)(H,89,110)(H,90,106)(H,91,107)(H,95,96)(H,97,98)/b11-10-/t45-,46-,50-,51-,52-,53-,54-,55-,56-,57-,61-,74-,75-/m0/s1. The molecule has 22 N–H and O–H groups in total. The number of carbonyl (C=O) groups excluding carboxylic acids is 14.